The van der Waals surface area contributed by atoms with Crippen LogP contribution in [0.1, 0.15) is 13.8 Å². The number of rotatable bonds is 5. The highest BCUT2D eigenvalue weighted by molar-refractivity contribution is 6.63. The minimum atomic E-state index is -0.508. The molecule has 0 saturated carbocycles. The van der Waals surface area contributed by atoms with Crippen LogP contribution in [-0.4, -0.2) is 24.7 Å². The van der Waals surface area contributed by atoms with Gasteiger partial charge in [0.15, 0.2) is 6.29 Å². The van der Waals surface area contributed by atoms with Crippen LogP contribution in [0.15, 0.2) is 0 Å². The Labute approximate surface area is 65.3 Å². The Balaban J connectivity index is 3.21. The van der Waals surface area contributed by atoms with E-state index >= 15 is 0 Å². The minimum Gasteiger partial charge on any atom is -0.353 e. The van der Waals surface area contributed by atoms with E-state index in [4.69, 9.17) is 21.1 Å². The Morgan fingerprint density at radius 1 is 1.60 bits per heavy atom. The Morgan fingerprint density at radius 3 is 2.60 bits per heavy atom. The van der Waals surface area contributed by atoms with Crippen molar-refractivity contribution in [1.29, 1.82) is 0 Å². The highest BCUT2D eigenvalue weighted by Crippen LogP contribution is 1.93. The normalized spacial score (nSPS) is 13.1. The minimum absolute atomic E-state index is 0.0945. The molecule has 0 amide bonds. The van der Waals surface area contributed by atoms with Crippen LogP contribution in [0, 0.1) is 0 Å². The van der Waals surface area contributed by atoms with Crippen molar-refractivity contribution in [3.8, 4) is 0 Å². The smallest absolute Gasteiger partial charge is 0.247 e. The van der Waals surface area contributed by atoms with Crippen molar-refractivity contribution in [3.63, 3.8) is 0 Å². The first kappa shape index (κ1) is 9.88. The van der Waals surface area contributed by atoms with Crippen molar-refractivity contribution in [2.24, 2.45) is 0 Å². The van der Waals surface area contributed by atoms with Crippen LogP contribution >= 0.6 is 11.6 Å². The van der Waals surface area contributed by atoms with Crippen molar-refractivity contribution in [2.75, 3.05) is 13.2 Å². The molecular weight excluding hydrogens is 156 g/mol. The molecular formula is C6H11ClO3. The maximum Gasteiger partial charge on any atom is 0.247 e. The molecule has 10 heavy (non-hydrogen) atoms. The maximum absolute atomic E-state index is 10.1. The van der Waals surface area contributed by atoms with E-state index in [9.17, 15) is 4.79 Å². The molecule has 3 nitrogen and oxygen atoms in total. The summed E-state index contributed by atoms with van der Waals surface area (Å²) in [5.41, 5.74) is 0. The van der Waals surface area contributed by atoms with Crippen LogP contribution in [0.4, 0.5) is 0 Å². The van der Waals surface area contributed by atoms with E-state index in [2.05, 4.69) is 0 Å². The third-order valence-electron chi connectivity index (χ3n) is 0.833. The lowest BCUT2D eigenvalue weighted by Crippen LogP contribution is -2.15. The number of carbonyl (C=O) groups is 1. The molecule has 0 radical (unpaired) electrons. The van der Waals surface area contributed by atoms with Crippen LogP contribution in [-0.2, 0) is 14.3 Å². The Kier molecular flexibility index (Phi) is 5.58. The Bertz CT molecular complexity index is 105. The fraction of sp³-hybridized carbons (Fsp3) is 0.833. The fourth-order valence-corrected chi connectivity index (χ4v) is 0.529. The van der Waals surface area contributed by atoms with Gasteiger partial charge in [-0.05, 0) is 25.4 Å². The topological polar surface area (TPSA) is 35.5 Å². The summed E-state index contributed by atoms with van der Waals surface area (Å²) in [5.74, 6) is 0. The average molecular weight is 167 g/mol. The van der Waals surface area contributed by atoms with Gasteiger partial charge >= 0.3 is 0 Å². The molecule has 1 atom stereocenters. The first-order valence-electron chi connectivity index (χ1n) is 3.08. The zero-order valence-electron chi connectivity index (χ0n) is 6.09. The molecule has 0 heterocycles. The van der Waals surface area contributed by atoms with Gasteiger partial charge in [0, 0.05) is 6.61 Å². The molecule has 0 saturated heterocycles. The molecule has 0 bridgehead atoms. The molecule has 0 spiro atoms. The van der Waals surface area contributed by atoms with E-state index in [1.54, 1.807) is 6.92 Å². The molecule has 0 aliphatic heterocycles. The third kappa shape index (κ3) is 6.01. The predicted molar refractivity (Wildman–Crippen MR) is 37.9 cm³/mol. The van der Waals surface area contributed by atoms with Gasteiger partial charge in [-0.2, -0.15) is 0 Å². The maximum atomic E-state index is 10.1. The third-order valence-corrected chi connectivity index (χ3v) is 0.942. The number of ether oxygens (including phenoxy) is 2. The molecule has 60 valence electrons. The van der Waals surface area contributed by atoms with Crippen LogP contribution in [0.5, 0.6) is 0 Å². The lowest BCUT2D eigenvalue weighted by atomic mass is 10.7. The zero-order valence-corrected chi connectivity index (χ0v) is 6.85. The van der Waals surface area contributed by atoms with Gasteiger partial charge < -0.3 is 9.47 Å². The van der Waals surface area contributed by atoms with Gasteiger partial charge in [0.05, 0.1) is 0 Å². The molecule has 0 rings (SSSR count). The van der Waals surface area contributed by atoms with E-state index in [0.29, 0.717) is 6.61 Å². The fourth-order valence-electron chi connectivity index (χ4n) is 0.466. The largest absolute Gasteiger partial charge is 0.353 e. The zero-order chi connectivity index (χ0) is 7.98. The number of carbonyl (C=O) groups excluding carboxylic acids is 1. The molecule has 0 aromatic rings. The van der Waals surface area contributed by atoms with Crippen LogP contribution in [0.3, 0.4) is 0 Å². The lowest BCUT2D eigenvalue weighted by molar-refractivity contribution is -0.142. The number of halogens is 1. The molecule has 0 N–H and O–H groups in total. The number of hydrogen-bond acceptors (Lipinski definition) is 3. The van der Waals surface area contributed by atoms with Gasteiger partial charge in [0.1, 0.15) is 6.61 Å². The quantitative estimate of drug-likeness (QED) is 0.454. The van der Waals surface area contributed by atoms with Crippen LogP contribution in [0.25, 0.3) is 0 Å². The van der Waals surface area contributed by atoms with E-state index in [1.165, 1.54) is 0 Å². The van der Waals surface area contributed by atoms with Gasteiger partial charge in [-0.15, -0.1) is 0 Å². The SMILES string of the molecule is CCOC(C)OCC(=O)Cl. The van der Waals surface area contributed by atoms with Crippen LogP contribution < -0.4 is 0 Å². The molecule has 0 aromatic carbocycles. The summed E-state index contributed by atoms with van der Waals surface area (Å²) in [5, 5.41) is -0.508. The van der Waals surface area contributed by atoms with Crippen molar-refractivity contribution < 1.29 is 14.3 Å². The standard InChI is InChI=1S/C6H11ClO3/c1-3-9-5(2)10-4-6(7)8/h5H,3-4H2,1-2H3. The second kappa shape index (κ2) is 5.65. The van der Waals surface area contributed by atoms with E-state index < -0.39 is 5.24 Å². The number of hydrogen-bond donors (Lipinski definition) is 0. The molecule has 1 unspecified atom stereocenters. The van der Waals surface area contributed by atoms with Gasteiger partial charge in [0.25, 0.3) is 0 Å². The van der Waals surface area contributed by atoms with E-state index in [-0.39, 0.29) is 12.9 Å². The molecule has 4 heteroatoms. The van der Waals surface area contributed by atoms with Crippen LogP contribution in [0.2, 0.25) is 0 Å². The van der Waals surface area contributed by atoms with Gasteiger partial charge in [-0.1, -0.05) is 0 Å². The highest BCUT2D eigenvalue weighted by atomic mass is 35.5. The summed E-state index contributed by atoms with van der Waals surface area (Å²) in [4.78, 5) is 10.1. The van der Waals surface area contributed by atoms with Gasteiger partial charge in [-0.25, -0.2) is 0 Å². The first-order valence-corrected chi connectivity index (χ1v) is 3.46. The summed E-state index contributed by atoms with van der Waals surface area (Å²) in [6.07, 6.45) is -0.354. The molecule has 0 fully saturated rings. The predicted octanol–water partition coefficient (Wildman–Crippen LogP) is 1.15. The summed E-state index contributed by atoms with van der Waals surface area (Å²) in [6.45, 7) is 4.03. The average Bonchev–Trinajstić information content (AvgIpc) is 1.85. The lowest BCUT2D eigenvalue weighted by Gasteiger charge is -2.09. The Hall–Kier alpha value is -0.120. The van der Waals surface area contributed by atoms with Crippen molar-refractivity contribution >= 4 is 16.8 Å². The van der Waals surface area contributed by atoms with Gasteiger partial charge in [0.2, 0.25) is 5.24 Å². The second-order valence-electron chi connectivity index (χ2n) is 1.69. The van der Waals surface area contributed by atoms with E-state index in [1.807, 2.05) is 6.92 Å². The summed E-state index contributed by atoms with van der Waals surface area (Å²) in [7, 11) is 0. The monoisotopic (exact) mass is 166 g/mol. The van der Waals surface area contributed by atoms with Crippen molar-refractivity contribution in [2.45, 2.75) is 20.1 Å². The molecule has 0 aliphatic rings. The van der Waals surface area contributed by atoms with Crippen molar-refractivity contribution in [1.82, 2.24) is 0 Å². The summed E-state index contributed by atoms with van der Waals surface area (Å²) < 4.78 is 9.80. The summed E-state index contributed by atoms with van der Waals surface area (Å²) >= 11 is 5.00. The molecule has 0 aliphatic carbocycles. The molecule has 0 aromatic heterocycles. The Morgan fingerprint density at radius 2 is 2.20 bits per heavy atom. The highest BCUT2D eigenvalue weighted by Gasteiger charge is 2.02. The van der Waals surface area contributed by atoms with Gasteiger partial charge in [-0.3, -0.25) is 4.79 Å². The summed E-state index contributed by atoms with van der Waals surface area (Å²) in [6, 6.07) is 0. The second-order valence-corrected chi connectivity index (χ2v) is 2.11. The van der Waals surface area contributed by atoms with E-state index in [0.717, 1.165) is 0 Å². The van der Waals surface area contributed by atoms with Crippen molar-refractivity contribution in [3.05, 3.63) is 0 Å². The first-order chi connectivity index (χ1) is 4.66.